The van der Waals surface area contributed by atoms with Crippen LogP contribution in [0.2, 0.25) is 0 Å². The maximum Gasteiger partial charge on any atom is 0.491 e. The largest absolute Gasteiger partial charge is 0.491 e. The van der Waals surface area contributed by atoms with E-state index in [-0.39, 0.29) is 24.0 Å². The number of esters is 1. The lowest BCUT2D eigenvalue weighted by atomic mass is 10.3. The SMILES string of the molecule is CCOc1ccc2n(c1=O)C(N)=NC2OC(=O)C(F)(F)F. The number of carbonyl (C=O) groups is 1. The molecule has 1 atom stereocenters. The van der Waals surface area contributed by atoms with E-state index in [1.807, 2.05) is 0 Å². The molecule has 0 saturated carbocycles. The predicted molar refractivity (Wildman–Crippen MR) is 63.8 cm³/mol. The van der Waals surface area contributed by atoms with Crippen molar-refractivity contribution in [1.82, 2.24) is 4.57 Å². The lowest BCUT2D eigenvalue weighted by molar-refractivity contribution is -0.204. The van der Waals surface area contributed by atoms with Crippen LogP contribution in [0, 0.1) is 0 Å². The summed E-state index contributed by atoms with van der Waals surface area (Å²) in [6, 6.07) is 2.50. The highest BCUT2D eigenvalue weighted by molar-refractivity contribution is 5.84. The van der Waals surface area contributed by atoms with Crippen LogP contribution in [-0.4, -0.2) is 29.3 Å². The molecular formula is C11H10F3N3O4. The van der Waals surface area contributed by atoms with Crippen molar-refractivity contribution in [2.45, 2.75) is 19.3 Å². The van der Waals surface area contributed by atoms with Gasteiger partial charge >= 0.3 is 12.1 Å². The van der Waals surface area contributed by atoms with E-state index in [1.165, 1.54) is 12.1 Å². The van der Waals surface area contributed by atoms with Gasteiger partial charge in [-0.3, -0.25) is 4.79 Å². The van der Waals surface area contributed by atoms with Crippen molar-refractivity contribution in [2.75, 3.05) is 6.61 Å². The summed E-state index contributed by atoms with van der Waals surface area (Å²) in [5.41, 5.74) is 4.69. The lowest BCUT2D eigenvalue weighted by Crippen LogP contribution is -2.33. The second-order valence-electron chi connectivity index (χ2n) is 3.94. The van der Waals surface area contributed by atoms with E-state index in [2.05, 4.69) is 9.73 Å². The third-order valence-corrected chi connectivity index (χ3v) is 2.56. The van der Waals surface area contributed by atoms with Crippen LogP contribution < -0.4 is 16.0 Å². The quantitative estimate of drug-likeness (QED) is 0.822. The van der Waals surface area contributed by atoms with Crippen LogP contribution in [0.1, 0.15) is 18.8 Å². The first-order valence-corrected chi connectivity index (χ1v) is 5.76. The third-order valence-electron chi connectivity index (χ3n) is 2.56. The Balaban J connectivity index is 2.37. The van der Waals surface area contributed by atoms with Crippen LogP contribution in [0.15, 0.2) is 21.9 Å². The van der Waals surface area contributed by atoms with Crippen molar-refractivity contribution in [3.63, 3.8) is 0 Å². The molecule has 2 rings (SSSR count). The zero-order valence-corrected chi connectivity index (χ0v) is 10.7. The average Bonchev–Trinajstić information content (AvgIpc) is 2.69. The Morgan fingerprint density at radius 1 is 1.48 bits per heavy atom. The smallest absolute Gasteiger partial charge is 0.488 e. The zero-order valence-electron chi connectivity index (χ0n) is 10.7. The number of hydrogen-bond acceptors (Lipinski definition) is 6. The second kappa shape index (κ2) is 5.11. The fraction of sp³-hybridized carbons (Fsp3) is 0.364. The van der Waals surface area contributed by atoms with Crippen LogP contribution in [-0.2, 0) is 9.53 Å². The molecule has 21 heavy (non-hydrogen) atoms. The van der Waals surface area contributed by atoms with Gasteiger partial charge in [0.2, 0.25) is 12.2 Å². The van der Waals surface area contributed by atoms with Gasteiger partial charge in [0, 0.05) is 0 Å². The van der Waals surface area contributed by atoms with Gasteiger partial charge in [0.05, 0.1) is 12.3 Å². The first kappa shape index (κ1) is 14.9. The minimum absolute atomic E-state index is 0.0396. The Kier molecular flexibility index (Phi) is 3.62. The number of aliphatic imine (C=N–C) groups is 1. The number of carbonyl (C=O) groups excluding carboxylic acids is 1. The summed E-state index contributed by atoms with van der Waals surface area (Å²) in [6.45, 7) is 1.88. The molecule has 7 nitrogen and oxygen atoms in total. The highest BCUT2D eigenvalue weighted by Crippen LogP contribution is 2.28. The highest BCUT2D eigenvalue weighted by Gasteiger charge is 2.43. The second-order valence-corrected chi connectivity index (χ2v) is 3.94. The molecule has 1 aromatic heterocycles. The molecule has 0 saturated heterocycles. The zero-order chi connectivity index (χ0) is 15.8. The Morgan fingerprint density at radius 2 is 2.14 bits per heavy atom. The van der Waals surface area contributed by atoms with E-state index < -0.39 is 23.9 Å². The van der Waals surface area contributed by atoms with Gasteiger partial charge in [-0.1, -0.05) is 0 Å². The normalized spacial score (nSPS) is 17.1. The Bertz CT molecular complexity index is 666. The van der Waals surface area contributed by atoms with Crippen molar-refractivity contribution in [1.29, 1.82) is 0 Å². The Morgan fingerprint density at radius 3 is 2.71 bits per heavy atom. The van der Waals surface area contributed by atoms with Gasteiger partial charge in [0.1, 0.15) is 0 Å². The molecule has 0 radical (unpaired) electrons. The standard InChI is InChI=1S/C11H10F3N3O4/c1-2-20-6-4-3-5-7(21-9(19)11(12,13)14)16-10(15)17(5)8(6)18/h3-4,7H,2H2,1H3,(H2,15,16). The summed E-state index contributed by atoms with van der Waals surface area (Å²) in [6.07, 6.45) is -6.79. The molecule has 0 amide bonds. The topological polar surface area (TPSA) is 95.9 Å². The Hall–Kier alpha value is -2.52. The molecule has 0 spiro atoms. The van der Waals surface area contributed by atoms with Crippen molar-refractivity contribution in [3.8, 4) is 5.75 Å². The molecule has 0 bridgehead atoms. The maximum atomic E-state index is 12.2. The van der Waals surface area contributed by atoms with Gasteiger partial charge in [-0.15, -0.1) is 0 Å². The van der Waals surface area contributed by atoms with E-state index in [1.54, 1.807) is 6.92 Å². The van der Waals surface area contributed by atoms with Crippen molar-refractivity contribution in [3.05, 3.63) is 28.2 Å². The molecule has 2 heterocycles. The minimum Gasteiger partial charge on any atom is -0.488 e. The summed E-state index contributed by atoms with van der Waals surface area (Å²) in [5.74, 6) is -2.84. The average molecular weight is 305 g/mol. The van der Waals surface area contributed by atoms with Crippen LogP contribution in [0.3, 0.4) is 0 Å². The van der Waals surface area contributed by atoms with Gasteiger partial charge in [-0.2, -0.15) is 13.2 Å². The molecule has 1 aliphatic rings. The molecule has 1 aliphatic heterocycles. The van der Waals surface area contributed by atoms with Crippen LogP contribution in [0.5, 0.6) is 5.75 Å². The first-order chi connectivity index (χ1) is 9.75. The van der Waals surface area contributed by atoms with E-state index in [0.717, 1.165) is 4.57 Å². The van der Waals surface area contributed by atoms with Crippen LogP contribution in [0.4, 0.5) is 13.2 Å². The van der Waals surface area contributed by atoms with Gasteiger partial charge in [0.15, 0.2) is 5.75 Å². The predicted octanol–water partition coefficient (Wildman–Crippen LogP) is 0.527. The van der Waals surface area contributed by atoms with Gasteiger partial charge in [0.25, 0.3) is 5.56 Å². The fourth-order valence-electron chi connectivity index (χ4n) is 1.73. The van der Waals surface area contributed by atoms with Gasteiger partial charge in [-0.05, 0) is 19.1 Å². The molecule has 0 aromatic carbocycles. The number of aromatic nitrogens is 1. The fourth-order valence-corrected chi connectivity index (χ4v) is 1.73. The van der Waals surface area contributed by atoms with E-state index in [9.17, 15) is 22.8 Å². The van der Waals surface area contributed by atoms with Gasteiger partial charge < -0.3 is 15.2 Å². The van der Waals surface area contributed by atoms with Crippen molar-refractivity contribution < 1.29 is 27.4 Å². The molecular weight excluding hydrogens is 295 g/mol. The molecule has 0 fully saturated rings. The maximum absolute atomic E-state index is 12.2. The number of halogens is 3. The number of nitrogens with two attached hydrogens (primary N) is 1. The Labute approximate surface area is 115 Å². The van der Waals surface area contributed by atoms with Gasteiger partial charge in [-0.25, -0.2) is 14.4 Å². The first-order valence-electron chi connectivity index (χ1n) is 5.76. The summed E-state index contributed by atoms with van der Waals surface area (Å²) in [5, 5.41) is 0. The summed E-state index contributed by atoms with van der Waals surface area (Å²) < 4.78 is 46.6. The minimum atomic E-state index is -5.16. The van der Waals surface area contributed by atoms with E-state index >= 15 is 0 Å². The summed E-state index contributed by atoms with van der Waals surface area (Å²) in [7, 11) is 0. The molecule has 114 valence electrons. The number of hydrogen-bond donors (Lipinski definition) is 1. The van der Waals surface area contributed by atoms with Crippen LogP contribution in [0.25, 0.3) is 0 Å². The van der Waals surface area contributed by atoms with E-state index in [4.69, 9.17) is 10.5 Å². The number of alkyl halides is 3. The number of rotatable bonds is 3. The molecule has 0 aliphatic carbocycles. The lowest BCUT2D eigenvalue weighted by Gasteiger charge is -2.13. The van der Waals surface area contributed by atoms with Crippen molar-refractivity contribution >= 4 is 11.9 Å². The summed E-state index contributed by atoms with van der Waals surface area (Å²) in [4.78, 5) is 26.4. The number of pyridine rings is 1. The number of nitrogens with zero attached hydrogens (tertiary/aromatic N) is 2. The highest BCUT2D eigenvalue weighted by atomic mass is 19.4. The monoisotopic (exact) mass is 305 g/mol. The van der Waals surface area contributed by atoms with Crippen LogP contribution >= 0.6 is 0 Å². The molecule has 10 heteroatoms. The molecule has 2 N–H and O–H groups in total. The summed E-state index contributed by atoms with van der Waals surface area (Å²) >= 11 is 0. The number of fused-ring (bicyclic) bond motifs is 1. The third kappa shape index (κ3) is 2.69. The molecule has 1 unspecified atom stereocenters. The van der Waals surface area contributed by atoms with Crippen molar-refractivity contribution in [2.24, 2.45) is 10.7 Å². The molecule has 1 aromatic rings. The van der Waals surface area contributed by atoms with E-state index in [0.29, 0.717) is 0 Å². The number of ether oxygens (including phenoxy) is 2.